The highest BCUT2D eigenvalue weighted by Crippen LogP contribution is 2.22. The molecule has 0 fully saturated rings. The van der Waals surface area contributed by atoms with Crippen LogP contribution in [-0.4, -0.2) is 30.3 Å². The molecule has 1 aliphatic rings. The number of aromatic nitrogens is 1. The number of aliphatic imine (C=N–C) groups is 1. The average molecular weight is 231 g/mol. The quantitative estimate of drug-likeness (QED) is 0.797. The Bertz CT molecular complexity index is 394. The summed E-state index contributed by atoms with van der Waals surface area (Å²) in [4.78, 5) is 11.5. The van der Waals surface area contributed by atoms with Gasteiger partial charge < -0.3 is 4.90 Å². The number of hydrogen-bond donors (Lipinski definition) is 0. The van der Waals surface area contributed by atoms with E-state index in [1.165, 1.54) is 24.1 Å². The van der Waals surface area contributed by atoms with Gasteiger partial charge in [0.05, 0.1) is 0 Å². The number of rotatable bonds is 4. The molecule has 0 bridgehead atoms. The van der Waals surface area contributed by atoms with Crippen LogP contribution < -0.4 is 4.90 Å². The molecule has 0 aliphatic carbocycles. The highest BCUT2D eigenvalue weighted by molar-refractivity contribution is 6.04. The normalized spacial score (nSPS) is 15.5. The lowest BCUT2D eigenvalue weighted by Crippen LogP contribution is -2.25. The van der Waals surface area contributed by atoms with E-state index in [1.54, 1.807) is 0 Å². The van der Waals surface area contributed by atoms with Crippen LogP contribution >= 0.6 is 0 Å². The van der Waals surface area contributed by atoms with Gasteiger partial charge in [-0.2, -0.15) is 0 Å². The smallest absolute Gasteiger partial charge is 0.137 e. The van der Waals surface area contributed by atoms with E-state index in [-0.39, 0.29) is 0 Å². The van der Waals surface area contributed by atoms with Crippen molar-refractivity contribution in [2.24, 2.45) is 4.99 Å². The Balaban J connectivity index is 2.35. The standard InChI is InChI=1S/C14H21N3/c1-3-17(4-2)14-12(8-7-11-16-14)13-9-5-6-10-15-13/h7-8,11H,3-6,9-10H2,1-2H3. The van der Waals surface area contributed by atoms with Gasteiger partial charge in [0.25, 0.3) is 0 Å². The first-order valence-corrected chi connectivity index (χ1v) is 6.60. The zero-order valence-electron chi connectivity index (χ0n) is 10.8. The lowest BCUT2D eigenvalue weighted by molar-refractivity contribution is 0.737. The van der Waals surface area contributed by atoms with Crippen LogP contribution in [0.25, 0.3) is 0 Å². The highest BCUT2D eigenvalue weighted by atomic mass is 15.2. The Labute approximate surface area is 104 Å². The third kappa shape index (κ3) is 2.65. The van der Waals surface area contributed by atoms with Gasteiger partial charge in [-0.1, -0.05) is 0 Å². The fourth-order valence-electron chi connectivity index (χ4n) is 2.31. The SMILES string of the molecule is CCN(CC)c1ncccc1C1=NCCCC1. The van der Waals surface area contributed by atoms with E-state index >= 15 is 0 Å². The van der Waals surface area contributed by atoms with Crippen molar-refractivity contribution in [2.45, 2.75) is 33.1 Å². The van der Waals surface area contributed by atoms with Gasteiger partial charge >= 0.3 is 0 Å². The van der Waals surface area contributed by atoms with Crippen molar-refractivity contribution in [1.82, 2.24) is 4.98 Å². The third-order valence-electron chi connectivity index (χ3n) is 3.28. The average Bonchev–Trinajstić information content (AvgIpc) is 2.42. The van der Waals surface area contributed by atoms with E-state index in [2.05, 4.69) is 34.8 Å². The topological polar surface area (TPSA) is 28.5 Å². The zero-order valence-corrected chi connectivity index (χ0v) is 10.8. The van der Waals surface area contributed by atoms with Crippen LogP contribution in [0.1, 0.15) is 38.7 Å². The van der Waals surface area contributed by atoms with E-state index in [9.17, 15) is 0 Å². The number of pyridine rings is 1. The molecule has 92 valence electrons. The molecule has 17 heavy (non-hydrogen) atoms. The summed E-state index contributed by atoms with van der Waals surface area (Å²) in [6.45, 7) is 7.30. The van der Waals surface area contributed by atoms with Crippen LogP contribution in [0, 0.1) is 0 Å². The van der Waals surface area contributed by atoms with Crippen LogP contribution in [0.3, 0.4) is 0 Å². The van der Waals surface area contributed by atoms with Crippen molar-refractivity contribution in [3.8, 4) is 0 Å². The number of hydrogen-bond acceptors (Lipinski definition) is 3. The predicted octanol–water partition coefficient (Wildman–Crippen LogP) is 2.90. The molecule has 0 saturated carbocycles. The molecule has 0 saturated heterocycles. The summed E-state index contributed by atoms with van der Waals surface area (Å²) in [5, 5.41) is 0. The van der Waals surface area contributed by atoms with Crippen molar-refractivity contribution >= 4 is 11.5 Å². The first-order valence-electron chi connectivity index (χ1n) is 6.60. The van der Waals surface area contributed by atoms with Crippen LogP contribution in [0.5, 0.6) is 0 Å². The zero-order chi connectivity index (χ0) is 12.1. The van der Waals surface area contributed by atoms with Crippen molar-refractivity contribution in [1.29, 1.82) is 0 Å². The van der Waals surface area contributed by atoms with Gasteiger partial charge in [-0.15, -0.1) is 0 Å². The Hall–Kier alpha value is -1.38. The Kier molecular flexibility index (Phi) is 4.13. The second kappa shape index (κ2) is 5.80. The second-order valence-corrected chi connectivity index (χ2v) is 4.33. The van der Waals surface area contributed by atoms with Gasteiger partial charge in [0.2, 0.25) is 0 Å². The van der Waals surface area contributed by atoms with Gasteiger partial charge in [0, 0.05) is 37.1 Å². The summed E-state index contributed by atoms with van der Waals surface area (Å²) in [6.07, 6.45) is 5.45. The highest BCUT2D eigenvalue weighted by Gasteiger charge is 2.15. The van der Waals surface area contributed by atoms with Crippen molar-refractivity contribution in [2.75, 3.05) is 24.5 Å². The van der Waals surface area contributed by atoms with Gasteiger partial charge in [0.15, 0.2) is 0 Å². The second-order valence-electron chi connectivity index (χ2n) is 4.33. The van der Waals surface area contributed by atoms with E-state index in [4.69, 9.17) is 0 Å². The molecule has 0 radical (unpaired) electrons. The summed E-state index contributed by atoms with van der Waals surface area (Å²) >= 11 is 0. The minimum absolute atomic E-state index is 0.974. The molecule has 0 spiro atoms. The minimum atomic E-state index is 0.974. The predicted molar refractivity (Wildman–Crippen MR) is 73.1 cm³/mol. The molecule has 1 aliphatic heterocycles. The molecule has 0 N–H and O–H groups in total. The molecular formula is C14H21N3. The van der Waals surface area contributed by atoms with E-state index in [1.807, 2.05) is 12.3 Å². The molecule has 1 aromatic rings. The summed E-state index contributed by atoms with van der Waals surface area (Å²) in [5.74, 6) is 1.10. The monoisotopic (exact) mass is 231 g/mol. The summed E-state index contributed by atoms with van der Waals surface area (Å²) < 4.78 is 0. The first-order chi connectivity index (χ1) is 8.36. The van der Waals surface area contributed by atoms with Gasteiger partial charge in [0.1, 0.15) is 5.82 Å². The third-order valence-corrected chi connectivity index (χ3v) is 3.28. The molecule has 0 aromatic carbocycles. The fraction of sp³-hybridized carbons (Fsp3) is 0.571. The van der Waals surface area contributed by atoms with Crippen molar-refractivity contribution in [3.05, 3.63) is 23.9 Å². The maximum Gasteiger partial charge on any atom is 0.137 e. The Morgan fingerprint density at radius 2 is 2.06 bits per heavy atom. The first kappa shape index (κ1) is 12.1. The molecule has 3 heteroatoms. The maximum absolute atomic E-state index is 4.66. The van der Waals surface area contributed by atoms with E-state index in [0.29, 0.717) is 0 Å². The maximum atomic E-state index is 4.66. The van der Waals surface area contributed by atoms with Gasteiger partial charge in [-0.3, -0.25) is 4.99 Å². The largest absolute Gasteiger partial charge is 0.357 e. The van der Waals surface area contributed by atoms with Crippen LogP contribution in [0.2, 0.25) is 0 Å². The summed E-state index contributed by atoms with van der Waals surface area (Å²) in [6, 6.07) is 4.17. The van der Waals surface area contributed by atoms with Crippen LogP contribution in [0.4, 0.5) is 5.82 Å². The van der Waals surface area contributed by atoms with Crippen LogP contribution in [0.15, 0.2) is 23.3 Å². The summed E-state index contributed by atoms with van der Waals surface area (Å²) in [7, 11) is 0. The van der Waals surface area contributed by atoms with Crippen molar-refractivity contribution < 1.29 is 0 Å². The van der Waals surface area contributed by atoms with E-state index in [0.717, 1.165) is 31.9 Å². The summed E-state index contributed by atoms with van der Waals surface area (Å²) in [5.41, 5.74) is 2.47. The van der Waals surface area contributed by atoms with Crippen LogP contribution in [-0.2, 0) is 0 Å². The lowest BCUT2D eigenvalue weighted by Gasteiger charge is -2.24. The molecule has 2 rings (SSSR count). The number of nitrogens with zero attached hydrogens (tertiary/aromatic N) is 3. The van der Waals surface area contributed by atoms with Crippen molar-refractivity contribution in [3.63, 3.8) is 0 Å². The Morgan fingerprint density at radius 1 is 1.24 bits per heavy atom. The molecular weight excluding hydrogens is 210 g/mol. The molecule has 0 amide bonds. The molecule has 0 atom stereocenters. The molecule has 0 unspecified atom stereocenters. The van der Waals surface area contributed by atoms with E-state index < -0.39 is 0 Å². The fourth-order valence-corrected chi connectivity index (χ4v) is 2.31. The number of anilines is 1. The Morgan fingerprint density at radius 3 is 2.71 bits per heavy atom. The lowest BCUT2D eigenvalue weighted by atomic mass is 10.0. The minimum Gasteiger partial charge on any atom is -0.357 e. The molecule has 1 aromatic heterocycles. The molecule has 3 nitrogen and oxygen atoms in total. The van der Waals surface area contributed by atoms with Gasteiger partial charge in [-0.25, -0.2) is 4.98 Å². The van der Waals surface area contributed by atoms with Gasteiger partial charge in [-0.05, 0) is 45.2 Å². The molecule has 2 heterocycles.